The van der Waals surface area contributed by atoms with Crippen molar-refractivity contribution in [3.8, 4) is 6.07 Å². The molecule has 0 unspecified atom stereocenters. The summed E-state index contributed by atoms with van der Waals surface area (Å²) in [6.07, 6.45) is 1.73. The normalized spacial score (nSPS) is 19.8. The van der Waals surface area contributed by atoms with Gasteiger partial charge in [-0.3, -0.25) is 0 Å². The third kappa shape index (κ3) is 2.96. The first kappa shape index (κ1) is 14.0. The quantitative estimate of drug-likeness (QED) is 0.834. The molecule has 1 fully saturated rings. The molecule has 0 saturated carbocycles. The molecular weight excluding hydrogens is 260 g/mol. The summed E-state index contributed by atoms with van der Waals surface area (Å²) in [6.45, 7) is 5.42. The van der Waals surface area contributed by atoms with E-state index in [4.69, 9.17) is 5.26 Å². The first-order valence-electron chi connectivity index (χ1n) is 6.35. The third-order valence-electron chi connectivity index (χ3n) is 3.68. The SMILES string of the molecule is CC1(C)CCN(S(=O)(=O)c2cccc(C#N)c2)CC1. The van der Waals surface area contributed by atoms with E-state index in [2.05, 4.69) is 13.8 Å². The molecule has 0 N–H and O–H groups in total. The van der Waals surface area contributed by atoms with Crippen LogP contribution in [0.3, 0.4) is 0 Å². The van der Waals surface area contributed by atoms with Crippen LogP contribution in [0.2, 0.25) is 0 Å². The van der Waals surface area contributed by atoms with Crippen molar-refractivity contribution in [2.45, 2.75) is 31.6 Å². The second kappa shape index (κ2) is 4.95. The molecule has 0 amide bonds. The van der Waals surface area contributed by atoms with Gasteiger partial charge in [0, 0.05) is 13.1 Å². The molecule has 1 aliphatic rings. The second-order valence-corrected chi connectivity index (χ2v) is 7.65. The zero-order valence-corrected chi connectivity index (χ0v) is 12.1. The summed E-state index contributed by atoms with van der Waals surface area (Å²) < 4.78 is 26.5. The van der Waals surface area contributed by atoms with E-state index in [-0.39, 0.29) is 10.3 Å². The molecule has 0 aliphatic carbocycles. The molecule has 1 heterocycles. The Bertz CT molecular complexity index is 605. The van der Waals surface area contributed by atoms with Crippen LogP contribution in [0, 0.1) is 16.7 Å². The minimum absolute atomic E-state index is 0.209. The lowest BCUT2D eigenvalue weighted by atomic mass is 9.83. The van der Waals surface area contributed by atoms with E-state index in [1.54, 1.807) is 18.2 Å². The van der Waals surface area contributed by atoms with Crippen molar-refractivity contribution < 1.29 is 8.42 Å². The maximum absolute atomic E-state index is 12.5. The van der Waals surface area contributed by atoms with Crippen LogP contribution in [0.4, 0.5) is 0 Å². The van der Waals surface area contributed by atoms with Crippen molar-refractivity contribution >= 4 is 10.0 Å². The lowest BCUT2D eigenvalue weighted by molar-refractivity contribution is 0.196. The molecule has 1 aliphatic heterocycles. The zero-order valence-electron chi connectivity index (χ0n) is 11.3. The van der Waals surface area contributed by atoms with Crippen molar-refractivity contribution in [2.24, 2.45) is 5.41 Å². The predicted octanol–water partition coefficient (Wildman–Crippen LogP) is 2.37. The van der Waals surface area contributed by atoms with Gasteiger partial charge in [-0.15, -0.1) is 0 Å². The molecule has 5 heteroatoms. The molecule has 1 saturated heterocycles. The second-order valence-electron chi connectivity index (χ2n) is 5.71. The summed E-state index contributed by atoms with van der Waals surface area (Å²) in [5.74, 6) is 0. The summed E-state index contributed by atoms with van der Waals surface area (Å²) in [7, 11) is -3.46. The van der Waals surface area contributed by atoms with E-state index in [9.17, 15) is 8.42 Å². The standard InChI is InChI=1S/C14H18N2O2S/c1-14(2)6-8-16(9-7-14)19(17,18)13-5-3-4-12(10-13)11-15/h3-5,10H,6-9H2,1-2H3. The lowest BCUT2D eigenvalue weighted by Crippen LogP contribution is -2.41. The number of hydrogen-bond acceptors (Lipinski definition) is 3. The highest BCUT2D eigenvalue weighted by molar-refractivity contribution is 7.89. The molecule has 102 valence electrons. The molecule has 1 aromatic carbocycles. The van der Waals surface area contributed by atoms with Crippen molar-refractivity contribution in [3.63, 3.8) is 0 Å². The lowest BCUT2D eigenvalue weighted by Gasteiger charge is -2.36. The molecular formula is C14H18N2O2S. The molecule has 4 nitrogen and oxygen atoms in total. The number of piperidine rings is 1. The topological polar surface area (TPSA) is 61.2 Å². The highest BCUT2D eigenvalue weighted by Crippen LogP contribution is 2.32. The van der Waals surface area contributed by atoms with Crippen LogP contribution in [0.5, 0.6) is 0 Å². The van der Waals surface area contributed by atoms with Crippen molar-refractivity contribution in [1.29, 1.82) is 5.26 Å². The summed E-state index contributed by atoms with van der Waals surface area (Å²) in [5.41, 5.74) is 0.582. The van der Waals surface area contributed by atoms with E-state index in [1.807, 2.05) is 6.07 Å². The summed E-state index contributed by atoms with van der Waals surface area (Å²) >= 11 is 0. The average Bonchev–Trinajstić information content (AvgIpc) is 2.38. The first-order valence-corrected chi connectivity index (χ1v) is 7.79. The van der Waals surface area contributed by atoms with E-state index < -0.39 is 10.0 Å². The Hall–Kier alpha value is -1.38. The van der Waals surface area contributed by atoms with E-state index in [0.717, 1.165) is 12.8 Å². The molecule has 0 spiro atoms. The van der Waals surface area contributed by atoms with Crippen LogP contribution in [0.1, 0.15) is 32.3 Å². The van der Waals surface area contributed by atoms with Crippen molar-refractivity contribution in [3.05, 3.63) is 29.8 Å². The number of hydrogen-bond donors (Lipinski definition) is 0. The monoisotopic (exact) mass is 278 g/mol. The van der Waals surface area contributed by atoms with E-state index in [1.165, 1.54) is 10.4 Å². The highest BCUT2D eigenvalue weighted by Gasteiger charge is 2.32. The first-order chi connectivity index (χ1) is 8.85. The van der Waals surface area contributed by atoms with Gasteiger partial charge in [0.15, 0.2) is 0 Å². The Morgan fingerprint density at radius 2 is 1.89 bits per heavy atom. The highest BCUT2D eigenvalue weighted by atomic mass is 32.2. The van der Waals surface area contributed by atoms with Gasteiger partial charge in [-0.2, -0.15) is 9.57 Å². The van der Waals surface area contributed by atoms with Gasteiger partial charge in [-0.1, -0.05) is 19.9 Å². The molecule has 2 rings (SSSR count). The smallest absolute Gasteiger partial charge is 0.207 e. The van der Waals surface area contributed by atoms with Crippen LogP contribution in [-0.4, -0.2) is 25.8 Å². The van der Waals surface area contributed by atoms with Crippen LogP contribution in [-0.2, 0) is 10.0 Å². The fourth-order valence-corrected chi connectivity index (χ4v) is 3.69. The molecule has 19 heavy (non-hydrogen) atoms. The van der Waals surface area contributed by atoms with E-state index in [0.29, 0.717) is 18.7 Å². The Morgan fingerprint density at radius 3 is 2.47 bits per heavy atom. The summed E-state index contributed by atoms with van der Waals surface area (Å²) in [4.78, 5) is 0.214. The number of sulfonamides is 1. The Labute approximate surface area is 114 Å². The molecule has 0 atom stereocenters. The fraction of sp³-hybridized carbons (Fsp3) is 0.500. The maximum atomic E-state index is 12.5. The zero-order chi connectivity index (χ0) is 14.1. The van der Waals surface area contributed by atoms with Gasteiger partial charge < -0.3 is 0 Å². The van der Waals surface area contributed by atoms with Crippen LogP contribution in [0.25, 0.3) is 0 Å². The molecule has 0 aromatic heterocycles. The van der Waals surface area contributed by atoms with Gasteiger partial charge >= 0.3 is 0 Å². The fourth-order valence-electron chi connectivity index (χ4n) is 2.21. The average molecular weight is 278 g/mol. The van der Waals surface area contributed by atoms with Gasteiger partial charge in [0.2, 0.25) is 10.0 Å². The van der Waals surface area contributed by atoms with E-state index >= 15 is 0 Å². The molecule has 0 bridgehead atoms. The van der Waals surface area contributed by atoms with Crippen LogP contribution in [0.15, 0.2) is 29.2 Å². The molecule has 1 aromatic rings. The van der Waals surface area contributed by atoms with Gasteiger partial charge in [-0.25, -0.2) is 8.42 Å². The van der Waals surface area contributed by atoms with Crippen LogP contribution >= 0.6 is 0 Å². The number of rotatable bonds is 2. The molecule has 0 radical (unpaired) electrons. The number of benzene rings is 1. The van der Waals surface area contributed by atoms with Gasteiger partial charge in [0.1, 0.15) is 0 Å². The van der Waals surface area contributed by atoms with Gasteiger partial charge in [0.25, 0.3) is 0 Å². The number of nitriles is 1. The van der Waals surface area contributed by atoms with Gasteiger partial charge in [0.05, 0.1) is 16.5 Å². The van der Waals surface area contributed by atoms with Crippen LogP contribution < -0.4 is 0 Å². The maximum Gasteiger partial charge on any atom is 0.243 e. The Morgan fingerprint density at radius 1 is 1.26 bits per heavy atom. The van der Waals surface area contributed by atoms with Crippen molar-refractivity contribution in [1.82, 2.24) is 4.31 Å². The largest absolute Gasteiger partial charge is 0.243 e. The predicted molar refractivity (Wildman–Crippen MR) is 72.9 cm³/mol. The van der Waals surface area contributed by atoms with Gasteiger partial charge in [-0.05, 0) is 36.5 Å². The summed E-state index contributed by atoms with van der Waals surface area (Å²) in [6, 6.07) is 8.18. The third-order valence-corrected chi connectivity index (χ3v) is 5.57. The minimum Gasteiger partial charge on any atom is -0.207 e. The Balaban J connectivity index is 2.26. The summed E-state index contributed by atoms with van der Waals surface area (Å²) in [5, 5.41) is 8.85. The van der Waals surface area contributed by atoms with Crippen molar-refractivity contribution in [2.75, 3.05) is 13.1 Å². The number of nitrogens with zero attached hydrogens (tertiary/aromatic N) is 2. The Kier molecular flexibility index (Phi) is 3.66. The minimum atomic E-state index is -3.46.